The van der Waals surface area contributed by atoms with Gasteiger partial charge in [-0.05, 0) is 31.9 Å². The second kappa shape index (κ2) is 12.4. The lowest BCUT2D eigenvalue weighted by Crippen LogP contribution is -2.37. The smallest absolute Gasteiger partial charge is 0.232 e. The van der Waals surface area contributed by atoms with E-state index in [1.807, 2.05) is 48.5 Å². The van der Waals surface area contributed by atoms with Crippen molar-refractivity contribution < 1.29 is 14.4 Å². The van der Waals surface area contributed by atoms with Gasteiger partial charge in [0.2, 0.25) is 5.88 Å². The van der Waals surface area contributed by atoms with Gasteiger partial charge < -0.3 is 19.3 Å². The number of hydrogen-bond acceptors (Lipinski definition) is 6. The SMILES string of the molecule is CCN(CC)c1onc(-c2ccccc2)c1CN(CC(C)C)C[C@H](O)COc1ccccc1. The van der Waals surface area contributed by atoms with Crippen LogP contribution < -0.4 is 9.64 Å². The van der Waals surface area contributed by atoms with Crippen LogP contribution in [-0.4, -0.2) is 54.1 Å². The summed E-state index contributed by atoms with van der Waals surface area (Å²) in [4.78, 5) is 4.47. The summed E-state index contributed by atoms with van der Waals surface area (Å²) < 4.78 is 11.7. The van der Waals surface area contributed by atoms with Crippen LogP contribution in [0.1, 0.15) is 33.3 Å². The van der Waals surface area contributed by atoms with Gasteiger partial charge >= 0.3 is 0 Å². The van der Waals surface area contributed by atoms with Crippen molar-refractivity contribution in [2.75, 3.05) is 37.7 Å². The van der Waals surface area contributed by atoms with Crippen molar-refractivity contribution in [3.63, 3.8) is 0 Å². The molecule has 0 aliphatic rings. The zero-order valence-electron chi connectivity index (χ0n) is 20.3. The summed E-state index contributed by atoms with van der Waals surface area (Å²) >= 11 is 0. The first-order chi connectivity index (χ1) is 16.0. The molecule has 6 nitrogen and oxygen atoms in total. The van der Waals surface area contributed by atoms with E-state index >= 15 is 0 Å². The number of aliphatic hydroxyl groups excluding tert-OH is 1. The Morgan fingerprint density at radius 1 is 0.939 bits per heavy atom. The van der Waals surface area contributed by atoms with Crippen molar-refractivity contribution in [3.05, 3.63) is 66.2 Å². The molecule has 2 aromatic carbocycles. The number of nitrogens with zero attached hydrogens (tertiary/aromatic N) is 3. The third-order valence-corrected chi connectivity index (χ3v) is 5.52. The average molecular weight is 452 g/mol. The van der Waals surface area contributed by atoms with E-state index in [1.165, 1.54) is 0 Å². The topological polar surface area (TPSA) is 62.0 Å². The average Bonchev–Trinajstić information content (AvgIpc) is 3.22. The maximum Gasteiger partial charge on any atom is 0.232 e. The number of aliphatic hydroxyl groups is 1. The van der Waals surface area contributed by atoms with Crippen LogP contribution in [0.5, 0.6) is 5.75 Å². The summed E-state index contributed by atoms with van der Waals surface area (Å²) in [7, 11) is 0. The third kappa shape index (κ3) is 7.07. The molecule has 1 atom stereocenters. The normalized spacial score (nSPS) is 12.3. The number of para-hydroxylation sites is 1. The zero-order valence-corrected chi connectivity index (χ0v) is 20.3. The van der Waals surface area contributed by atoms with Crippen molar-refractivity contribution in [2.24, 2.45) is 5.92 Å². The van der Waals surface area contributed by atoms with Crippen LogP contribution in [0.3, 0.4) is 0 Å². The number of anilines is 1. The second-order valence-corrected chi connectivity index (χ2v) is 8.72. The van der Waals surface area contributed by atoms with E-state index in [0.717, 1.165) is 48.1 Å². The molecule has 0 saturated carbocycles. The summed E-state index contributed by atoms with van der Waals surface area (Å²) in [6.45, 7) is 12.5. The summed E-state index contributed by atoms with van der Waals surface area (Å²) in [6, 6.07) is 19.8. The standard InChI is InChI=1S/C27H37N3O3/c1-5-30(6-2)27-25(26(28-33-27)22-13-9-7-10-14-22)19-29(17-21(3)4)18-23(31)20-32-24-15-11-8-12-16-24/h7-16,21,23,31H,5-6,17-20H2,1-4H3/t23-/m0/s1. The zero-order chi connectivity index (χ0) is 23.6. The first-order valence-electron chi connectivity index (χ1n) is 11.9. The number of ether oxygens (including phenoxy) is 1. The number of aromatic nitrogens is 1. The van der Waals surface area contributed by atoms with Crippen molar-refractivity contribution in [3.8, 4) is 17.0 Å². The Hall–Kier alpha value is -2.83. The van der Waals surface area contributed by atoms with E-state index < -0.39 is 6.10 Å². The van der Waals surface area contributed by atoms with Crippen LogP contribution in [0.25, 0.3) is 11.3 Å². The van der Waals surface area contributed by atoms with Gasteiger partial charge in [0.15, 0.2) is 0 Å². The lowest BCUT2D eigenvalue weighted by molar-refractivity contribution is 0.0615. The van der Waals surface area contributed by atoms with Gasteiger partial charge in [0.05, 0.1) is 5.56 Å². The largest absolute Gasteiger partial charge is 0.491 e. The molecule has 3 aromatic rings. The van der Waals surface area contributed by atoms with E-state index in [4.69, 9.17) is 9.26 Å². The number of hydrogen-bond donors (Lipinski definition) is 1. The Labute approximate surface area is 197 Å². The summed E-state index contributed by atoms with van der Waals surface area (Å²) in [6.07, 6.45) is -0.610. The molecule has 0 amide bonds. The molecule has 0 fully saturated rings. The van der Waals surface area contributed by atoms with Gasteiger partial charge in [-0.15, -0.1) is 0 Å². The Balaban J connectivity index is 1.81. The fraction of sp³-hybridized carbons (Fsp3) is 0.444. The maximum atomic E-state index is 10.8. The van der Waals surface area contributed by atoms with Gasteiger partial charge in [0, 0.05) is 38.3 Å². The summed E-state index contributed by atoms with van der Waals surface area (Å²) in [5.74, 6) is 2.02. The molecule has 0 spiro atoms. The van der Waals surface area contributed by atoms with Gasteiger partial charge in [-0.25, -0.2) is 0 Å². The van der Waals surface area contributed by atoms with Gasteiger partial charge in [0.1, 0.15) is 24.2 Å². The molecule has 33 heavy (non-hydrogen) atoms. The molecule has 1 heterocycles. The predicted octanol–water partition coefficient (Wildman–Crippen LogP) is 5.09. The maximum absolute atomic E-state index is 10.8. The highest BCUT2D eigenvalue weighted by atomic mass is 16.5. The first kappa shape index (κ1) is 24.8. The molecule has 0 aliphatic carbocycles. The van der Waals surface area contributed by atoms with Gasteiger partial charge in [-0.1, -0.05) is 67.5 Å². The predicted molar refractivity (Wildman–Crippen MR) is 134 cm³/mol. The molecule has 1 N–H and O–H groups in total. The second-order valence-electron chi connectivity index (χ2n) is 8.72. The molecular weight excluding hydrogens is 414 g/mol. The van der Waals surface area contributed by atoms with Crippen molar-refractivity contribution >= 4 is 5.88 Å². The van der Waals surface area contributed by atoms with Crippen LogP contribution in [0.4, 0.5) is 5.88 Å². The molecule has 0 radical (unpaired) electrons. The quantitative estimate of drug-likeness (QED) is 0.391. The molecule has 0 saturated heterocycles. The van der Waals surface area contributed by atoms with E-state index in [0.29, 0.717) is 19.0 Å². The van der Waals surface area contributed by atoms with Crippen LogP contribution in [-0.2, 0) is 6.54 Å². The molecule has 6 heteroatoms. The molecule has 0 unspecified atom stereocenters. The van der Waals surface area contributed by atoms with Crippen LogP contribution in [0.2, 0.25) is 0 Å². The Kier molecular flexibility index (Phi) is 9.34. The number of rotatable bonds is 13. The van der Waals surface area contributed by atoms with Crippen molar-refractivity contribution in [2.45, 2.75) is 40.3 Å². The molecule has 178 valence electrons. The van der Waals surface area contributed by atoms with Crippen molar-refractivity contribution in [1.82, 2.24) is 10.1 Å². The Morgan fingerprint density at radius 2 is 1.58 bits per heavy atom. The molecular formula is C27H37N3O3. The fourth-order valence-corrected chi connectivity index (χ4v) is 4.03. The van der Waals surface area contributed by atoms with Gasteiger partial charge in [-0.3, -0.25) is 4.90 Å². The Bertz CT molecular complexity index is 940. The van der Waals surface area contributed by atoms with Crippen LogP contribution in [0.15, 0.2) is 65.2 Å². The first-order valence-corrected chi connectivity index (χ1v) is 11.9. The lowest BCUT2D eigenvalue weighted by Gasteiger charge is -2.28. The van der Waals surface area contributed by atoms with Crippen LogP contribution in [0, 0.1) is 5.92 Å². The number of benzene rings is 2. The third-order valence-electron chi connectivity index (χ3n) is 5.52. The minimum Gasteiger partial charge on any atom is -0.491 e. The molecule has 1 aromatic heterocycles. The lowest BCUT2D eigenvalue weighted by atomic mass is 10.1. The summed E-state index contributed by atoms with van der Waals surface area (Å²) in [5.41, 5.74) is 2.95. The molecule has 3 rings (SSSR count). The van der Waals surface area contributed by atoms with Crippen LogP contribution >= 0.6 is 0 Å². The minimum absolute atomic E-state index is 0.247. The molecule has 0 bridgehead atoms. The minimum atomic E-state index is -0.610. The summed E-state index contributed by atoms with van der Waals surface area (Å²) in [5, 5.41) is 15.2. The fourth-order valence-electron chi connectivity index (χ4n) is 4.03. The highest BCUT2D eigenvalue weighted by molar-refractivity contribution is 5.68. The Morgan fingerprint density at radius 3 is 2.18 bits per heavy atom. The van der Waals surface area contributed by atoms with Crippen molar-refractivity contribution in [1.29, 1.82) is 0 Å². The van der Waals surface area contributed by atoms with Gasteiger partial charge in [0.25, 0.3) is 0 Å². The van der Waals surface area contributed by atoms with E-state index in [9.17, 15) is 5.11 Å². The monoisotopic (exact) mass is 451 g/mol. The molecule has 0 aliphatic heterocycles. The highest BCUT2D eigenvalue weighted by Crippen LogP contribution is 2.32. The van der Waals surface area contributed by atoms with E-state index in [-0.39, 0.29) is 6.61 Å². The van der Waals surface area contributed by atoms with E-state index in [2.05, 4.69) is 54.8 Å². The highest BCUT2D eigenvalue weighted by Gasteiger charge is 2.24. The van der Waals surface area contributed by atoms with Gasteiger partial charge in [-0.2, -0.15) is 0 Å². The van der Waals surface area contributed by atoms with E-state index in [1.54, 1.807) is 0 Å².